The fourth-order valence-electron chi connectivity index (χ4n) is 4.25. The summed E-state index contributed by atoms with van der Waals surface area (Å²) >= 11 is 0. The van der Waals surface area contributed by atoms with Crippen molar-refractivity contribution in [3.8, 4) is 11.1 Å². The predicted octanol–water partition coefficient (Wildman–Crippen LogP) is 4.29. The number of anilines is 2. The number of aromatic nitrogens is 2. The minimum Gasteiger partial charge on any atom is -0.339 e. The van der Waals surface area contributed by atoms with Gasteiger partial charge in [-0.25, -0.2) is 9.97 Å². The Kier molecular flexibility index (Phi) is 6.98. The lowest BCUT2D eigenvalue weighted by molar-refractivity contribution is -0.130. The van der Waals surface area contributed by atoms with Gasteiger partial charge in [-0.05, 0) is 47.0 Å². The van der Waals surface area contributed by atoms with Crippen molar-refractivity contribution in [3.05, 3.63) is 108 Å². The standard InChI is InChI=1S/C29H27N5O2/c35-27(33-17-19-34(20-18-33)29-30-15-4-16-31-29)21-22-7-13-26(14-8-22)32-28(36)25-11-9-24(10-12-25)23-5-2-1-3-6-23/h1-16H,17-21H2,(H,32,36). The van der Waals surface area contributed by atoms with E-state index in [9.17, 15) is 9.59 Å². The summed E-state index contributed by atoms with van der Waals surface area (Å²) in [5.74, 6) is 0.631. The average Bonchev–Trinajstić information content (AvgIpc) is 2.95. The van der Waals surface area contributed by atoms with Crippen molar-refractivity contribution in [2.75, 3.05) is 36.4 Å². The second-order valence-electron chi connectivity index (χ2n) is 8.69. The largest absolute Gasteiger partial charge is 0.339 e. The van der Waals surface area contributed by atoms with Crippen molar-refractivity contribution in [2.24, 2.45) is 0 Å². The van der Waals surface area contributed by atoms with Crippen LogP contribution in [-0.2, 0) is 11.2 Å². The van der Waals surface area contributed by atoms with E-state index in [1.54, 1.807) is 18.5 Å². The number of carbonyl (C=O) groups is 2. The van der Waals surface area contributed by atoms with Gasteiger partial charge < -0.3 is 15.1 Å². The second kappa shape index (κ2) is 10.8. The number of piperazine rings is 1. The van der Waals surface area contributed by atoms with Crippen LogP contribution in [0.5, 0.6) is 0 Å². The fourth-order valence-corrected chi connectivity index (χ4v) is 4.25. The molecular weight excluding hydrogens is 450 g/mol. The highest BCUT2D eigenvalue weighted by atomic mass is 16.2. The van der Waals surface area contributed by atoms with Crippen LogP contribution in [0, 0.1) is 0 Å². The van der Waals surface area contributed by atoms with Gasteiger partial charge in [0.1, 0.15) is 0 Å². The van der Waals surface area contributed by atoms with E-state index in [2.05, 4.69) is 20.2 Å². The molecule has 1 N–H and O–H groups in total. The van der Waals surface area contributed by atoms with E-state index in [4.69, 9.17) is 0 Å². The zero-order valence-electron chi connectivity index (χ0n) is 19.9. The highest BCUT2D eigenvalue weighted by Crippen LogP contribution is 2.20. The first kappa shape index (κ1) is 23.2. The van der Waals surface area contributed by atoms with Gasteiger partial charge in [-0.3, -0.25) is 9.59 Å². The smallest absolute Gasteiger partial charge is 0.255 e. The maximum atomic E-state index is 12.8. The van der Waals surface area contributed by atoms with Crippen LogP contribution in [0.1, 0.15) is 15.9 Å². The third-order valence-electron chi connectivity index (χ3n) is 6.29. The number of carbonyl (C=O) groups excluding carboxylic acids is 2. The molecule has 0 unspecified atom stereocenters. The summed E-state index contributed by atoms with van der Waals surface area (Å²) < 4.78 is 0. The minimum absolute atomic E-state index is 0.0962. The molecular formula is C29H27N5O2. The normalized spacial score (nSPS) is 13.3. The van der Waals surface area contributed by atoms with E-state index in [-0.39, 0.29) is 11.8 Å². The Bertz CT molecular complexity index is 1300. The Hall–Kier alpha value is -4.52. The topological polar surface area (TPSA) is 78.4 Å². The van der Waals surface area contributed by atoms with Gasteiger partial charge in [0, 0.05) is 49.8 Å². The first-order valence-electron chi connectivity index (χ1n) is 12.0. The van der Waals surface area contributed by atoms with Crippen molar-refractivity contribution >= 4 is 23.5 Å². The van der Waals surface area contributed by atoms with Crippen molar-refractivity contribution in [2.45, 2.75) is 6.42 Å². The number of nitrogens with one attached hydrogen (secondary N) is 1. The molecule has 2 amide bonds. The molecule has 3 aromatic carbocycles. The molecule has 0 bridgehead atoms. The van der Waals surface area contributed by atoms with E-state index in [1.807, 2.05) is 83.8 Å². The lowest BCUT2D eigenvalue weighted by atomic mass is 10.0. The van der Waals surface area contributed by atoms with Crippen LogP contribution in [0.4, 0.5) is 11.6 Å². The molecule has 0 aliphatic carbocycles. The van der Waals surface area contributed by atoms with E-state index < -0.39 is 0 Å². The van der Waals surface area contributed by atoms with Gasteiger partial charge in [-0.2, -0.15) is 0 Å². The minimum atomic E-state index is -0.168. The molecule has 1 aliphatic heterocycles. The fraction of sp³-hybridized carbons (Fsp3) is 0.172. The molecule has 1 aromatic heterocycles. The molecule has 0 saturated carbocycles. The van der Waals surface area contributed by atoms with Crippen LogP contribution >= 0.6 is 0 Å². The second-order valence-corrected chi connectivity index (χ2v) is 8.69. The SMILES string of the molecule is O=C(Nc1ccc(CC(=O)N2CCN(c3ncccn3)CC2)cc1)c1ccc(-c2ccccc2)cc1. The van der Waals surface area contributed by atoms with Crippen LogP contribution in [0.2, 0.25) is 0 Å². The van der Waals surface area contributed by atoms with Gasteiger partial charge >= 0.3 is 0 Å². The van der Waals surface area contributed by atoms with Gasteiger partial charge in [0.2, 0.25) is 11.9 Å². The van der Waals surface area contributed by atoms with E-state index >= 15 is 0 Å². The predicted molar refractivity (Wildman–Crippen MR) is 141 cm³/mol. The number of hydrogen-bond acceptors (Lipinski definition) is 5. The molecule has 0 atom stereocenters. The van der Waals surface area contributed by atoms with Crippen molar-refractivity contribution in [3.63, 3.8) is 0 Å². The lowest BCUT2D eigenvalue weighted by Crippen LogP contribution is -2.49. The van der Waals surface area contributed by atoms with Crippen molar-refractivity contribution < 1.29 is 9.59 Å². The highest BCUT2D eigenvalue weighted by Gasteiger charge is 2.22. The number of nitrogens with zero attached hydrogens (tertiary/aromatic N) is 4. The van der Waals surface area contributed by atoms with Crippen LogP contribution < -0.4 is 10.2 Å². The number of amides is 2. The third kappa shape index (κ3) is 5.58. The molecule has 36 heavy (non-hydrogen) atoms. The molecule has 0 radical (unpaired) electrons. The summed E-state index contributed by atoms with van der Waals surface area (Å²) in [5, 5.41) is 2.93. The Balaban J connectivity index is 1.12. The number of hydrogen-bond donors (Lipinski definition) is 1. The summed E-state index contributed by atoms with van der Waals surface area (Å²) in [5.41, 5.74) is 4.38. The van der Waals surface area contributed by atoms with Gasteiger partial charge in [0.25, 0.3) is 5.91 Å². The Morgan fingerprint density at radius 1 is 0.722 bits per heavy atom. The maximum Gasteiger partial charge on any atom is 0.255 e. The summed E-state index contributed by atoms with van der Waals surface area (Å²) in [6, 6.07) is 26.9. The monoisotopic (exact) mass is 477 g/mol. The van der Waals surface area contributed by atoms with Crippen LogP contribution in [0.3, 0.4) is 0 Å². The molecule has 2 heterocycles. The van der Waals surface area contributed by atoms with Crippen molar-refractivity contribution in [1.29, 1.82) is 0 Å². The van der Waals surface area contributed by atoms with Gasteiger partial charge in [-0.1, -0.05) is 54.6 Å². The first-order chi connectivity index (χ1) is 17.7. The Labute approximate surface area is 210 Å². The quantitative estimate of drug-likeness (QED) is 0.448. The third-order valence-corrected chi connectivity index (χ3v) is 6.29. The zero-order valence-corrected chi connectivity index (χ0v) is 19.9. The molecule has 1 aliphatic rings. The molecule has 0 spiro atoms. The van der Waals surface area contributed by atoms with Gasteiger partial charge in [-0.15, -0.1) is 0 Å². The molecule has 4 aromatic rings. The molecule has 7 nitrogen and oxygen atoms in total. The summed E-state index contributed by atoms with van der Waals surface area (Å²) in [6.07, 6.45) is 3.79. The van der Waals surface area contributed by atoms with E-state index in [0.29, 0.717) is 49.8 Å². The maximum absolute atomic E-state index is 12.8. The Morgan fingerprint density at radius 3 is 2.03 bits per heavy atom. The van der Waals surface area contributed by atoms with Gasteiger partial charge in [0.15, 0.2) is 0 Å². The molecule has 1 fully saturated rings. The van der Waals surface area contributed by atoms with E-state index in [0.717, 1.165) is 16.7 Å². The zero-order chi connectivity index (χ0) is 24.7. The van der Waals surface area contributed by atoms with Crippen molar-refractivity contribution in [1.82, 2.24) is 14.9 Å². The summed E-state index contributed by atoms with van der Waals surface area (Å²) in [4.78, 5) is 38.0. The van der Waals surface area contributed by atoms with Crippen LogP contribution in [0.25, 0.3) is 11.1 Å². The van der Waals surface area contributed by atoms with Gasteiger partial charge in [0.05, 0.1) is 6.42 Å². The first-order valence-corrected chi connectivity index (χ1v) is 12.0. The average molecular weight is 478 g/mol. The molecule has 7 heteroatoms. The molecule has 180 valence electrons. The number of rotatable bonds is 6. The van der Waals surface area contributed by atoms with E-state index in [1.165, 1.54) is 0 Å². The summed E-state index contributed by atoms with van der Waals surface area (Å²) in [6.45, 7) is 2.72. The van der Waals surface area contributed by atoms with Crippen LogP contribution in [-0.4, -0.2) is 52.9 Å². The highest BCUT2D eigenvalue weighted by molar-refractivity contribution is 6.04. The molecule has 5 rings (SSSR count). The number of benzene rings is 3. The summed E-state index contributed by atoms with van der Waals surface area (Å²) in [7, 11) is 0. The Morgan fingerprint density at radius 2 is 1.36 bits per heavy atom. The van der Waals surface area contributed by atoms with Crippen LogP contribution in [0.15, 0.2) is 97.3 Å². The molecule has 1 saturated heterocycles. The lowest BCUT2D eigenvalue weighted by Gasteiger charge is -2.34.